The van der Waals surface area contributed by atoms with Crippen molar-refractivity contribution < 1.29 is 9.18 Å². The van der Waals surface area contributed by atoms with E-state index in [9.17, 15) is 9.18 Å². The van der Waals surface area contributed by atoms with Crippen LogP contribution in [-0.2, 0) is 0 Å². The van der Waals surface area contributed by atoms with Crippen LogP contribution in [0.1, 0.15) is 53.2 Å². The first kappa shape index (κ1) is 19.4. The van der Waals surface area contributed by atoms with Gasteiger partial charge in [-0.15, -0.1) is 0 Å². The van der Waals surface area contributed by atoms with Crippen molar-refractivity contribution >= 4 is 5.91 Å². The average Bonchev–Trinajstić information content (AvgIpc) is 3.15. The summed E-state index contributed by atoms with van der Waals surface area (Å²) < 4.78 is 14.2. The molecule has 0 unspecified atom stereocenters. The molecule has 29 heavy (non-hydrogen) atoms. The lowest BCUT2D eigenvalue weighted by Crippen LogP contribution is -2.31. The number of nitrogens with one attached hydrogen (secondary N) is 2. The Labute approximate surface area is 171 Å². The topological polar surface area (TPSA) is 44.9 Å². The second kappa shape index (κ2) is 8.64. The molecule has 1 aliphatic rings. The van der Waals surface area contributed by atoms with Gasteiger partial charge >= 0.3 is 0 Å². The highest BCUT2D eigenvalue weighted by molar-refractivity contribution is 6.00. The summed E-state index contributed by atoms with van der Waals surface area (Å²) in [6, 6.07) is 19.0. The number of aryl methyl sites for hydroxylation is 1. The van der Waals surface area contributed by atoms with Crippen LogP contribution in [0.3, 0.4) is 0 Å². The standard InChI is InChI=1S/C25H27FN2O/c1-17-15-22(24(28-17)21-9-5-6-10-23(21)26)25(29)27-16-18-11-13-20(14-12-18)19-7-3-2-4-8-19/h2-10,15,18,20,28H,11-14,16H2,1H3,(H,27,29). The van der Waals surface area contributed by atoms with Gasteiger partial charge in [0.1, 0.15) is 5.82 Å². The van der Waals surface area contributed by atoms with Crippen LogP contribution in [0, 0.1) is 18.7 Å². The Bertz CT molecular complexity index is 971. The molecule has 0 saturated heterocycles. The summed E-state index contributed by atoms with van der Waals surface area (Å²) in [6.07, 6.45) is 4.56. The molecular formula is C25H27FN2O. The minimum atomic E-state index is -0.331. The molecule has 1 heterocycles. The van der Waals surface area contributed by atoms with E-state index in [-0.39, 0.29) is 11.7 Å². The molecule has 1 saturated carbocycles. The van der Waals surface area contributed by atoms with Gasteiger partial charge in [-0.1, -0.05) is 42.5 Å². The van der Waals surface area contributed by atoms with Gasteiger partial charge in [-0.25, -0.2) is 4.39 Å². The predicted molar refractivity (Wildman–Crippen MR) is 114 cm³/mol. The van der Waals surface area contributed by atoms with Gasteiger partial charge in [0.25, 0.3) is 5.91 Å². The first-order chi connectivity index (χ1) is 14.1. The first-order valence-corrected chi connectivity index (χ1v) is 10.4. The van der Waals surface area contributed by atoms with Crippen LogP contribution in [0.25, 0.3) is 11.3 Å². The molecule has 150 valence electrons. The summed E-state index contributed by atoms with van der Waals surface area (Å²) in [5.74, 6) is 0.652. The fraction of sp³-hybridized carbons (Fsp3) is 0.320. The molecule has 1 fully saturated rings. The molecule has 1 aromatic heterocycles. The number of aromatic amines is 1. The summed E-state index contributed by atoms with van der Waals surface area (Å²) in [5, 5.41) is 3.08. The number of carbonyl (C=O) groups is 1. The van der Waals surface area contributed by atoms with Gasteiger partial charge in [0, 0.05) is 17.8 Å². The highest BCUT2D eigenvalue weighted by Gasteiger charge is 2.24. The number of hydrogen-bond donors (Lipinski definition) is 2. The lowest BCUT2D eigenvalue weighted by atomic mass is 9.78. The van der Waals surface area contributed by atoms with Gasteiger partial charge in [-0.3, -0.25) is 4.79 Å². The van der Waals surface area contributed by atoms with Crippen LogP contribution >= 0.6 is 0 Å². The second-order valence-corrected chi connectivity index (χ2v) is 8.06. The molecule has 0 radical (unpaired) electrons. The van der Waals surface area contributed by atoms with E-state index in [1.165, 1.54) is 11.6 Å². The van der Waals surface area contributed by atoms with Gasteiger partial charge in [0.05, 0.1) is 11.3 Å². The first-order valence-electron chi connectivity index (χ1n) is 10.4. The van der Waals surface area contributed by atoms with Crippen molar-refractivity contribution in [3.05, 3.63) is 83.3 Å². The molecule has 1 amide bonds. The number of rotatable bonds is 5. The number of amides is 1. The number of halogens is 1. The molecule has 0 atom stereocenters. The fourth-order valence-corrected chi connectivity index (χ4v) is 4.40. The lowest BCUT2D eigenvalue weighted by Gasteiger charge is -2.29. The lowest BCUT2D eigenvalue weighted by molar-refractivity contribution is 0.0943. The molecule has 4 rings (SSSR count). The molecule has 4 heteroatoms. The molecule has 0 aliphatic heterocycles. The SMILES string of the molecule is Cc1cc(C(=O)NCC2CCC(c3ccccc3)CC2)c(-c2ccccc2F)[nH]1. The van der Waals surface area contributed by atoms with E-state index in [4.69, 9.17) is 0 Å². The third-order valence-corrected chi connectivity index (χ3v) is 6.01. The van der Waals surface area contributed by atoms with Crippen LogP contribution in [0.5, 0.6) is 0 Å². The molecule has 2 aromatic carbocycles. The van der Waals surface area contributed by atoms with Crippen LogP contribution in [0.4, 0.5) is 4.39 Å². The molecular weight excluding hydrogens is 363 g/mol. The van der Waals surface area contributed by atoms with Gasteiger partial charge in [0.15, 0.2) is 0 Å². The molecule has 1 aliphatic carbocycles. The van der Waals surface area contributed by atoms with Crippen molar-refractivity contribution in [1.82, 2.24) is 10.3 Å². The van der Waals surface area contributed by atoms with E-state index in [2.05, 4.69) is 40.6 Å². The van der Waals surface area contributed by atoms with E-state index in [0.717, 1.165) is 31.4 Å². The Balaban J connectivity index is 1.37. The van der Waals surface area contributed by atoms with Crippen LogP contribution in [-0.4, -0.2) is 17.4 Å². The van der Waals surface area contributed by atoms with Crippen molar-refractivity contribution in [2.45, 2.75) is 38.5 Å². The third kappa shape index (κ3) is 4.42. The Kier molecular flexibility index (Phi) is 5.79. The summed E-state index contributed by atoms with van der Waals surface area (Å²) in [4.78, 5) is 16.0. The minimum absolute atomic E-state index is 0.141. The average molecular weight is 391 g/mol. The van der Waals surface area contributed by atoms with Gasteiger partial charge < -0.3 is 10.3 Å². The Hall–Kier alpha value is -2.88. The quantitative estimate of drug-likeness (QED) is 0.565. The Morgan fingerprint density at radius 1 is 1.03 bits per heavy atom. The zero-order valence-corrected chi connectivity index (χ0v) is 16.7. The van der Waals surface area contributed by atoms with Gasteiger partial charge in [0.2, 0.25) is 0 Å². The van der Waals surface area contributed by atoms with E-state index >= 15 is 0 Å². The maximum absolute atomic E-state index is 14.2. The van der Waals surface area contributed by atoms with Crippen LogP contribution < -0.4 is 5.32 Å². The van der Waals surface area contributed by atoms with E-state index in [1.807, 2.05) is 6.92 Å². The number of carbonyl (C=O) groups excluding carboxylic acids is 1. The largest absolute Gasteiger partial charge is 0.358 e. The second-order valence-electron chi connectivity index (χ2n) is 8.06. The third-order valence-electron chi connectivity index (χ3n) is 6.01. The molecule has 0 bridgehead atoms. The normalized spacial score (nSPS) is 19.1. The van der Waals surface area contributed by atoms with Gasteiger partial charge in [-0.2, -0.15) is 0 Å². The molecule has 3 nitrogen and oxygen atoms in total. The summed E-state index contributed by atoms with van der Waals surface area (Å²) >= 11 is 0. The van der Waals surface area contributed by atoms with Crippen molar-refractivity contribution in [1.29, 1.82) is 0 Å². The van der Waals surface area contributed by atoms with Crippen molar-refractivity contribution in [2.24, 2.45) is 5.92 Å². The number of benzene rings is 2. The summed E-state index contributed by atoms with van der Waals surface area (Å²) in [7, 11) is 0. The monoisotopic (exact) mass is 390 g/mol. The fourth-order valence-electron chi connectivity index (χ4n) is 4.40. The number of aromatic nitrogens is 1. The smallest absolute Gasteiger partial charge is 0.253 e. The maximum atomic E-state index is 14.2. The molecule has 3 aromatic rings. The molecule has 0 spiro atoms. The van der Waals surface area contributed by atoms with Crippen molar-refractivity contribution in [3.63, 3.8) is 0 Å². The van der Waals surface area contributed by atoms with Crippen molar-refractivity contribution in [2.75, 3.05) is 6.54 Å². The minimum Gasteiger partial charge on any atom is -0.358 e. The summed E-state index contributed by atoms with van der Waals surface area (Å²) in [6.45, 7) is 2.55. The maximum Gasteiger partial charge on any atom is 0.253 e. The predicted octanol–water partition coefficient (Wildman–Crippen LogP) is 5.83. The van der Waals surface area contributed by atoms with E-state index < -0.39 is 0 Å². The van der Waals surface area contributed by atoms with Gasteiger partial charge in [-0.05, 0) is 68.2 Å². The number of H-pyrrole nitrogens is 1. The Morgan fingerprint density at radius 2 is 1.72 bits per heavy atom. The highest BCUT2D eigenvalue weighted by atomic mass is 19.1. The number of hydrogen-bond acceptors (Lipinski definition) is 1. The zero-order valence-electron chi connectivity index (χ0n) is 16.7. The van der Waals surface area contributed by atoms with E-state index in [1.54, 1.807) is 24.3 Å². The van der Waals surface area contributed by atoms with Crippen molar-refractivity contribution in [3.8, 4) is 11.3 Å². The Morgan fingerprint density at radius 3 is 2.45 bits per heavy atom. The van der Waals surface area contributed by atoms with Crippen LogP contribution in [0.2, 0.25) is 0 Å². The van der Waals surface area contributed by atoms with Crippen LogP contribution in [0.15, 0.2) is 60.7 Å². The van der Waals surface area contributed by atoms with E-state index in [0.29, 0.717) is 35.2 Å². The molecule has 2 N–H and O–H groups in total. The highest BCUT2D eigenvalue weighted by Crippen LogP contribution is 2.35. The summed E-state index contributed by atoms with van der Waals surface area (Å²) in [5.41, 5.74) is 3.75. The zero-order chi connectivity index (χ0) is 20.2.